The molecule has 1 amide bonds. The maximum Gasteiger partial charge on any atom is 0.573 e. The van der Waals surface area contributed by atoms with Gasteiger partial charge in [0.15, 0.2) is 9.84 Å². The van der Waals surface area contributed by atoms with E-state index in [9.17, 15) is 26.4 Å². The lowest BCUT2D eigenvalue weighted by Gasteiger charge is -2.13. The predicted molar refractivity (Wildman–Crippen MR) is 64.5 cm³/mol. The van der Waals surface area contributed by atoms with E-state index in [0.717, 1.165) is 12.1 Å². The fourth-order valence-electron chi connectivity index (χ4n) is 1.47. The summed E-state index contributed by atoms with van der Waals surface area (Å²) in [6, 6.07) is 4.37. The molecule has 1 rings (SSSR count). The quantitative estimate of drug-likeness (QED) is 0.893. The fourth-order valence-corrected chi connectivity index (χ4v) is 2.69. The highest BCUT2D eigenvalue weighted by atomic mass is 32.2. The minimum absolute atomic E-state index is 0.237. The molecule has 0 saturated heterocycles. The molecule has 0 aliphatic rings. The number of primary amides is 1. The Kier molecular flexibility index (Phi) is 4.64. The van der Waals surface area contributed by atoms with Crippen LogP contribution in [-0.2, 0) is 14.6 Å². The van der Waals surface area contributed by atoms with Gasteiger partial charge in [0, 0.05) is 0 Å². The summed E-state index contributed by atoms with van der Waals surface area (Å²) in [4.78, 5) is 10.7. The van der Waals surface area contributed by atoms with Crippen molar-refractivity contribution in [3.8, 4) is 5.75 Å². The molecule has 0 heterocycles. The van der Waals surface area contributed by atoms with Gasteiger partial charge >= 0.3 is 6.36 Å². The lowest BCUT2D eigenvalue weighted by molar-refractivity contribution is -0.274. The molecule has 0 saturated carbocycles. The van der Waals surface area contributed by atoms with Gasteiger partial charge in [0.1, 0.15) is 11.5 Å². The number of alkyl halides is 3. The number of nitrogens with two attached hydrogens (primary N) is 1. The Morgan fingerprint density at radius 1 is 1.30 bits per heavy atom. The van der Waals surface area contributed by atoms with Crippen molar-refractivity contribution in [2.24, 2.45) is 5.73 Å². The number of carbonyl (C=O) groups excluding carboxylic acids is 1. The van der Waals surface area contributed by atoms with Crippen molar-refractivity contribution in [3.05, 3.63) is 29.8 Å². The van der Waals surface area contributed by atoms with Crippen LogP contribution in [0.2, 0.25) is 0 Å². The highest BCUT2D eigenvalue weighted by Gasteiger charge is 2.31. The van der Waals surface area contributed by atoms with Crippen LogP contribution >= 0.6 is 0 Å². The number of benzene rings is 1. The first-order valence-corrected chi connectivity index (χ1v) is 7.08. The van der Waals surface area contributed by atoms with Crippen LogP contribution in [-0.4, -0.2) is 26.4 Å². The smallest absolute Gasteiger partial charge is 0.406 e. The van der Waals surface area contributed by atoms with Crippen LogP contribution in [0.1, 0.15) is 17.7 Å². The zero-order valence-electron chi connectivity index (χ0n) is 10.3. The molecule has 0 unspecified atom stereocenters. The number of carbonyl (C=O) groups is 1. The summed E-state index contributed by atoms with van der Waals surface area (Å²) in [7, 11) is -3.80. The number of hydrogen-bond donors (Lipinski definition) is 1. The minimum Gasteiger partial charge on any atom is -0.406 e. The Morgan fingerprint density at radius 2 is 1.80 bits per heavy atom. The van der Waals surface area contributed by atoms with Crippen molar-refractivity contribution >= 4 is 15.7 Å². The van der Waals surface area contributed by atoms with Crippen LogP contribution in [0.25, 0.3) is 0 Å². The van der Waals surface area contributed by atoms with Crippen LogP contribution in [0, 0.1) is 0 Å². The molecule has 5 nitrogen and oxygen atoms in total. The number of hydrogen-bond acceptors (Lipinski definition) is 4. The topological polar surface area (TPSA) is 86.5 Å². The van der Waals surface area contributed by atoms with Gasteiger partial charge in [0.25, 0.3) is 0 Å². The Labute approximate surface area is 113 Å². The van der Waals surface area contributed by atoms with Crippen LogP contribution < -0.4 is 10.5 Å². The summed E-state index contributed by atoms with van der Waals surface area (Å²) in [5.41, 5.74) is 5.06. The molecule has 0 fully saturated rings. The summed E-state index contributed by atoms with van der Waals surface area (Å²) >= 11 is 0. The third kappa shape index (κ3) is 4.72. The predicted octanol–water partition coefficient (Wildman–Crippen LogP) is 1.55. The minimum atomic E-state index is -4.81. The third-order valence-corrected chi connectivity index (χ3v) is 4.50. The molecule has 20 heavy (non-hydrogen) atoms. The van der Waals surface area contributed by atoms with E-state index in [4.69, 9.17) is 5.73 Å². The Morgan fingerprint density at radius 3 is 2.20 bits per heavy atom. The zero-order valence-corrected chi connectivity index (χ0v) is 11.2. The van der Waals surface area contributed by atoms with Crippen LogP contribution in [0.5, 0.6) is 5.75 Å². The van der Waals surface area contributed by atoms with Crippen molar-refractivity contribution in [2.45, 2.75) is 18.5 Å². The summed E-state index contributed by atoms with van der Waals surface area (Å²) in [6.45, 7) is 1.32. The van der Waals surface area contributed by atoms with Gasteiger partial charge in [-0.3, -0.25) is 4.79 Å². The summed E-state index contributed by atoms with van der Waals surface area (Å²) in [6.07, 6.45) is -4.81. The van der Waals surface area contributed by atoms with E-state index < -0.39 is 38.9 Å². The monoisotopic (exact) mass is 311 g/mol. The number of amides is 1. The lowest BCUT2D eigenvalue weighted by Crippen LogP contribution is -2.26. The third-order valence-electron chi connectivity index (χ3n) is 2.47. The average molecular weight is 311 g/mol. The second-order valence-electron chi connectivity index (χ2n) is 4.03. The SMILES string of the molecule is C[C@@H](c1ccc(OC(F)(F)F)cc1)S(=O)(=O)CC(N)=O. The molecule has 9 heteroatoms. The standard InChI is InChI=1S/C11H12F3NO4S/c1-7(20(17,18)6-10(15)16)8-2-4-9(5-3-8)19-11(12,13)14/h2-5,7H,6H2,1H3,(H2,15,16)/t7-/m0/s1. The second-order valence-corrected chi connectivity index (χ2v) is 6.35. The molecule has 112 valence electrons. The highest BCUT2D eigenvalue weighted by Crippen LogP contribution is 2.27. The first-order chi connectivity index (χ1) is 9.01. The van der Waals surface area contributed by atoms with Crippen molar-refractivity contribution in [2.75, 3.05) is 5.75 Å². The van der Waals surface area contributed by atoms with E-state index >= 15 is 0 Å². The van der Waals surface area contributed by atoms with Crippen molar-refractivity contribution in [1.29, 1.82) is 0 Å². The number of sulfone groups is 1. The van der Waals surface area contributed by atoms with Gasteiger partial charge in [-0.15, -0.1) is 13.2 Å². The summed E-state index contributed by atoms with van der Waals surface area (Å²) in [5.74, 6) is -2.27. The number of ether oxygens (including phenoxy) is 1. The molecular weight excluding hydrogens is 299 g/mol. The van der Waals surface area contributed by atoms with Crippen LogP contribution in [0.15, 0.2) is 24.3 Å². The largest absolute Gasteiger partial charge is 0.573 e. The van der Waals surface area contributed by atoms with E-state index in [-0.39, 0.29) is 5.56 Å². The maximum atomic E-state index is 12.0. The van der Waals surface area contributed by atoms with Gasteiger partial charge in [-0.1, -0.05) is 12.1 Å². The highest BCUT2D eigenvalue weighted by molar-refractivity contribution is 7.92. The van der Waals surface area contributed by atoms with Gasteiger partial charge in [0.2, 0.25) is 5.91 Å². The lowest BCUT2D eigenvalue weighted by atomic mass is 10.1. The van der Waals surface area contributed by atoms with Crippen molar-refractivity contribution in [1.82, 2.24) is 0 Å². The normalized spacial score (nSPS) is 13.8. The molecule has 0 aliphatic carbocycles. The molecule has 1 atom stereocenters. The van der Waals surface area contributed by atoms with E-state index in [2.05, 4.69) is 4.74 Å². The zero-order chi connectivity index (χ0) is 15.6. The molecule has 0 aromatic heterocycles. The Bertz CT molecular complexity index is 581. The molecular formula is C11H12F3NO4S. The van der Waals surface area contributed by atoms with Crippen molar-refractivity contribution in [3.63, 3.8) is 0 Å². The molecule has 0 spiro atoms. The van der Waals surface area contributed by atoms with E-state index in [0.29, 0.717) is 0 Å². The first-order valence-electron chi connectivity index (χ1n) is 5.37. The fraction of sp³-hybridized carbons (Fsp3) is 0.364. The molecule has 2 N–H and O–H groups in total. The number of rotatable bonds is 5. The van der Waals surface area contributed by atoms with E-state index in [1.165, 1.54) is 19.1 Å². The average Bonchev–Trinajstić information content (AvgIpc) is 2.25. The van der Waals surface area contributed by atoms with Gasteiger partial charge in [-0.25, -0.2) is 8.42 Å². The molecule has 1 aromatic rings. The van der Waals surface area contributed by atoms with Crippen molar-refractivity contribution < 1.29 is 31.1 Å². The number of halogens is 3. The van der Waals surface area contributed by atoms with E-state index in [1.54, 1.807) is 0 Å². The van der Waals surface area contributed by atoms with Gasteiger partial charge in [-0.05, 0) is 24.6 Å². The Balaban J connectivity index is 2.91. The Hall–Kier alpha value is -1.77. The van der Waals surface area contributed by atoms with Gasteiger partial charge < -0.3 is 10.5 Å². The van der Waals surface area contributed by atoms with Crippen LogP contribution in [0.3, 0.4) is 0 Å². The molecule has 0 aliphatic heterocycles. The summed E-state index contributed by atoms with van der Waals surface area (Å²) < 4.78 is 63.0. The molecule has 0 bridgehead atoms. The van der Waals surface area contributed by atoms with E-state index in [1.807, 2.05) is 0 Å². The van der Waals surface area contributed by atoms with Gasteiger partial charge in [-0.2, -0.15) is 0 Å². The maximum absolute atomic E-state index is 12.0. The first kappa shape index (κ1) is 16.3. The summed E-state index contributed by atoms with van der Waals surface area (Å²) in [5, 5.41) is -1.06. The van der Waals surface area contributed by atoms with Gasteiger partial charge in [0.05, 0.1) is 5.25 Å². The molecule has 0 radical (unpaired) electrons. The van der Waals surface area contributed by atoms with Crippen LogP contribution in [0.4, 0.5) is 13.2 Å². The second kappa shape index (κ2) is 5.70. The molecule has 1 aromatic carbocycles.